The van der Waals surface area contributed by atoms with Gasteiger partial charge in [0.25, 0.3) is 0 Å². The molecular weight excluding hydrogens is 266 g/mol. The lowest BCUT2D eigenvalue weighted by Gasteiger charge is -2.32. The van der Waals surface area contributed by atoms with Gasteiger partial charge in [-0.25, -0.2) is 0 Å². The Bertz CT molecular complexity index is 587. The van der Waals surface area contributed by atoms with Crippen LogP contribution in [0.1, 0.15) is 12.7 Å². The number of hydrogen-bond donors (Lipinski definition) is 0. The van der Waals surface area contributed by atoms with Crippen molar-refractivity contribution in [3.63, 3.8) is 0 Å². The zero-order valence-electron chi connectivity index (χ0n) is 12.1. The first-order valence-corrected chi connectivity index (χ1v) is 7.18. The molecular formula is C15H19N5O. The molecule has 0 spiro atoms. The maximum absolute atomic E-state index is 5.42. The molecule has 0 saturated carbocycles. The Labute approximate surface area is 124 Å². The molecule has 0 N–H and O–H groups in total. The molecule has 0 radical (unpaired) electrons. The molecule has 0 unspecified atom stereocenters. The van der Waals surface area contributed by atoms with Gasteiger partial charge in [-0.05, 0) is 19.1 Å². The van der Waals surface area contributed by atoms with Crippen molar-refractivity contribution in [1.82, 2.24) is 20.0 Å². The Hall–Kier alpha value is -2.21. The minimum atomic E-state index is 0.781. The normalized spacial score (nSPS) is 16.7. The van der Waals surface area contributed by atoms with E-state index in [0.717, 1.165) is 49.9 Å². The van der Waals surface area contributed by atoms with Crippen LogP contribution >= 0.6 is 0 Å². The van der Waals surface area contributed by atoms with Gasteiger partial charge in [0.15, 0.2) is 5.76 Å². The molecule has 1 saturated heterocycles. The highest BCUT2D eigenvalue weighted by Crippen LogP contribution is 2.17. The lowest BCUT2D eigenvalue weighted by molar-refractivity contribution is 0.122. The van der Waals surface area contributed by atoms with E-state index in [0.29, 0.717) is 0 Å². The number of aromatic nitrogens is 2. The van der Waals surface area contributed by atoms with E-state index in [1.807, 2.05) is 37.4 Å². The first-order chi connectivity index (χ1) is 10.3. The Morgan fingerprint density at radius 2 is 2.10 bits per heavy atom. The van der Waals surface area contributed by atoms with Crippen LogP contribution in [0.3, 0.4) is 0 Å². The molecule has 0 aromatic carbocycles. The van der Waals surface area contributed by atoms with Gasteiger partial charge in [0.2, 0.25) is 0 Å². The quantitative estimate of drug-likeness (QED) is 0.803. The second kappa shape index (κ2) is 6.49. The van der Waals surface area contributed by atoms with Crippen molar-refractivity contribution in [3.8, 4) is 11.4 Å². The summed E-state index contributed by atoms with van der Waals surface area (Å²) in [6, 6.07) is 7.75. The van der Waals surface area contributed by atoms with Crippen molar-refractivity contribution >= 4 is 6.21 Å². The molecule has 6 nitrogen and oxygen atoms in total. The molecule has 1 fully saturated rings. The van der Waals surface area contributed by atoms with Crippen LogP contribution in [-0.4, -0.2) is 52.4 Å². The van der Waals surface area contributed by atoms with Gasteiger partial charge >= 0.3 is 0 Å². The SMILES string of the molecule is C/C=N\N1CCN(Cc2cc(-c3ccccn3)no2)CC1. The number of hydrogen-bond acceptors (Lipinski definition) is 6. The van der Waals surface area contributed by atoms with Gasteiger partial charge in [0.05, 0.1) is 12.2 Å². The highest BCUT2D eigenvalue weighted by atomic mass is 16.5. The fraction of sp³-hybridized carbons (Fsp3) is 0.400. The van der Waals surface area contributed by atoms with E-state index < -0.39 is 0 Å². The largest absolute Gasteiger partial charge is 0.359 e. The lowest BCUT2D eigenvalue weighted by Crippen LogP contribution is -2.43. The molecule has 3 heterocycles. The minimum Gasteiger partial charge on any atom is -0.359 e. The van der Waals surface area contributed by atoms with E-state index in [9.17, 15) is 0 Å². The van der Waals surface area contributed by atoms with Gasteiger partial charge in [-0.2, -0.15) is 5.10 Å². The van der Waals surface area contributed by atoms with Crippen molar-refractivity contribution in [3.05, 3.63) is 36.2 Å². The first kappa shape index (κ1) is 13.8. The topological polar surface area (TPSA) is 57.8 Å². The van der Waals surface area contributed by atoms with E-state index in [1.54, 1.807) is 6.20 Å². The summed E-state index contributed by atoms with van der Waals surface area (Å²) in [5, 5.41) is 10.5. The van der Waals surface area contributed by atoms with Gasteiger partial charge in [-0.15, -0.1) is 0 Å². The molecule has 0 atom stereocenters. The molecule has 21 heavy (non-hydrogen) atoms. The Balaban J connectivity index is 1.58. The van der Waals surface area contributed by atoms with Crippen LogP contribution in [0, 0.1) is 0 Å². The Morgan fingerprint density at radius 1 is 1.24 bits per heavy atom. The summed E-state index contributed by atoms with van der Waals surface area (Å²) >= 11 is 0. The smallest absolute Gasteiger partial charge is 0.151 e. The molecule has 3 rings (SSSR count). The predicted molar refractivity (Wildman–Crippen MR) is 80.8 cm³/mol. The van der Waals surface area contributed by atoms with Crippen molar-refractivity contribution in [2.75, 3.05) is 26.2 Å². The third kappa shape index (κ3) is 3.46. The van der Waals surface area contributed by atoms with Gasteiger partial charge < -0.3 is 4.52 Å². The molecule has 2 aromatic rings. The van der Waals surface area contributed by atoms with E-state index in [1.165, 1.54) is 0 Å². The van der Waals surface area contributed by atoms with Crippen LogP contribution in [0.5, 0.6) is 0 Å². The summed E-state index contributed by atoms with van der Waals surface area (Å²) in [4.78, 5) is 6.63. The first-order valence-electron chi connectivity index (χ1n) is 7.18. The van der Waals surface area contributed by atoms with Crippen molar-refractivity contribution in [1.29, 1.82) is 0 Å². The summed E-state index contributed by atoms with van der Waals surface area (Å²) < 4.78 is 5.42. The van der Waals surface area contributed by atoms with E-state index >= 15 is 0 Å². The van der Waals surface area contributed by atoms with Crippen LogP contribution in [0.15, 0.2) is 40.1 Å². The molecule has 0 aliphatic carbocycles. The van der Waals surface area contributed by atoms with Crippen LogP contribution in [0.2, 0.25) is 0 Å². The summed E-state index contributed by atoms with van der Waals surface area (Å²) in [7, 11) is 0. The Kier molecular flexibility index (Phi) is 4.25. The number of hydrazone groups is 1. The molecule has 110 valence electrons. The predicted octanol–water partition coefficient (Wildman–Crippen LogP) is 1.86. The lowest BCUT2D eigenvalue weighted by atomic mass is 10.2. The van der Waals surface area contributed by atoms with Crippen LogP contribution in [-0.2, 0) is 6.54 Å². The van der Waals surface area contributed by atoms with Crippen molar-refractivity contribution in [2.45, 2.75) is 13.5 Å². The van der Waals surface area contributed by atoms with Crippen LogP contribution < -0.4 is 0 Å². The van der Waals surface area contributed by atoms with Crippen molar-refractivity contribution in [2.24, 2.45) is 5.10 Å². The fourth-order valence-corrected chi connectivity index (χ4v) is 2.42. The average molecular weight is 285 g/mol. The second-order valence-corrected chi connectivity index (χ2v) is 5.00. The number of rotatable bonds is 4. The fourth-order valence-electron chi connectivity index (χ4n) is 2.42. The van der Waals surface area contributed by atoms with E-state index in [2.05, 4.69) is 25.2 Å². The summed E-state index contributed by atoms with van der Waals surface area (Å²) in [5.41, 5.74) is 1.63. The van der Waals surface area contributed by atoms with E-state index in [4.69, 9.17) is 4.52 Å². The van der Waals surface area contributed by atoms with Gasteiger partial charge in [-0.3, -0.25) is 14.9 Å². The minimum absolute atomic E-state index is 0.781. The maximum Gasteiger partial charge on any atom is 0.151 e. The van der Waals surface area contributed by atoms with E-state index in [-0.39, 0.29) is 0 Å². The molecule has 1 aliphatic rings. The molecule has 1 aliphatic heterocycles. The standard InChI is InChI=1S/C15H19N5O/c1-2-17-20-9-7-19(8-10-20)12-13-11-15(18-21-13)14-5-3-4-6-16-14/h2-6,11H,7-10,12H2,1H3/b17-2-. The molecule has 2 aromatic heterocycles. The summed E-state index contributed by atoms with van der Waals surface area (Å²) in [5.74, 6) is 0.878. The van der Waals surface area contributed by atoms with Gasteiger partial charge in [0, 0.05) is 44.7 Å². The van der Waals surface area contributed by atoms with Crippen LogP contribution in [0.25, 0.3) is 11.4 Å². The molecule has 0 bridgehead atoms. The molecule has 0 amide bonds. The summed E-state index contributed by atoms with van der Waals surface area (Å²) in [6.07, 6.45) is 3.60. The molecule has 6 heteroatoms. The monoisotopic (exact) mass is 285 g/mol. The third-order valence-corrected chi connectivity index (χ3v) is 3.49. The number of nitrogens with zero attached hydrogens (tertiary/aromatic N) is 5. The zero-order valence-corrected chi connectivity index (χ0v) is 12.1. The van der Waals surface area contributed by atoms with Gasteiger partial charge in [-0.1, -0.05) is 11.2 Å². The van der Waals surface area contributed by atoms with Gasteiger partial charge in [0.1, 0.15) is 5.69 Å². The number of pyridine rings is 1. The second-order valence-electron chi connectivity index (χ2n) is 5.00. The third-order valence-electron chi connectivity index (χ3n) is 3.49. The highest BCUT2D eigenvalue weighted by molar-refractivity contribution is 5.53. The summed E-state index contributed by atoms with van der Waals surface area (Å²) in [6.45, 7) is 6.59. The Morgan fingerprint density at radius 3 is 2.81 bits per heavy atom. The maximum atomic E-state index is 5.42. The highest BCUT2D eigenvalue weighted by Gasteiger charge is 2.17. The zero-order chi connectivity index (χ0) is 14.5. The van der Waals surface area contributed by atoms with Crippen LogP contribution in [0.4, 0.5) is 0 Å². The number of piperazine rings is 1. The van der Waals surface area contributed by atoms with Crippen molar-refractivity contribution < 1.29 is 4.52 Å². The average Bonchev–Trinajstić information content (AvgIpc) is 2.99.